The van der Waals surface area contributed by atoms with Crippen molar-refractivity contribution in [2.24, 2.45) is 23.0 Å². The zero-order valence-corrected chi connectivity index (χ0v) is 11.6. The van der Waals surface area contributed by atoms with Crippen molar-refractivity contribution in [3.63, 3.8) is 0 Å². The molecule has 100 valence electrons. The highest BCUT2D eigenvalue weighted by molar-refractivity contribution is 4.97. The van der Waals surface area contributed by atoms with Gasteiger partial charge in [-0.05, 0) is 49.4 Å². The van der Waals surface area contributed by atoms with Crippen LogP contribution < -0.4 is 5.73 Å². The van der Waals surface area contributed by atoms with Crippen molar-refractivity contribution in [2.75, 3.05) is 13.2 Å². The van der Waals surface area contributed by atoms with E-state index >= 15 is 0 Å². The Labute approximate surface area is 106 Å². The van der Waals surface area contributed by atoms with Gasteiger partial charge in [-0.3, -0.25) is 0 Å². The van der Waals surface area contributed by atoms with Gasteiger partial charge in [0, 0.05) is 19.3 Å². The number of rotatable bonds is 4. The number of nitrogens with two attached hydrogens (primary N) is 1. The Bertz CT molecular complexity index is 227. The summed E-state index contributed by atoms with van der Waals surface area (Å²) in [7, 11) is 0. The predicted octanol–water partition coefficient (Wildman–Crippen LogP) is 3.35. The first-order valence-electron chi connectivity index (χ1n) is 7.47. The third kappa shape index (κ3) is 3.03. The van der Waals surface area contributed by atoms with Crippen molar-refractivity contribution >= 4 is 0 Å². The third-order valence-corrected chi connectivity index (χ3v) is 4.90. The maximum Gasteiger partial charge on any atom is 0.0469 e. The molecule has 2 N–H and O–H groups in total. The van der Waals surface area contributed by atoms with Crippen LogP contribution in [0.5, 0.6) is 0 Å². The summed E-state index contributed by atoms with van der Waals surface area (Å²) in [5, 5.41) is 0. The first-order chi connectivity index (χ1) is 8.14. The van der Waals surface area contributed by atoms with E-state index in [1.54, 1.807) is 0 Å². The highest BCUT2D eigenvalue weighted by atomic mass is 16.5. The summed E-state index contributed by atoms with van der Waals surface area (Å²) >= 11 is 0. The van der Waals surface area contributed by atoms with Gasteiger partial charge in [-0.25, -0.2) is 0 Å². The molecule has 17 heavy (non-hydrogen) atoms. The van der Waals surface area contributed by atoms with Crippen molar-refractivity contribution in [2.45, 2.75) is 64.8 Å². The molecule has 1 heterocycles. The molecular formula is C15H29NO. The van der Waals surface area contributed by atoms with E-state index in [2.05, 4.69) is 13.8 Å². The molecule has 2 fully saturated rings. The molecule has 0 aromatic rings. The second-order valence-corrected chi connectivity index (χ2v) is 6.64. The first-order valence-corrected chi connectivity index (χ1v) is 7.47. The molecule has 1 atom stereocenters. The average molecular weight is 239 g/mol. The highest BCUT2D eigenvalue weighted by Gasteiger charge is 2.43. The lowest BCUT2D eigenvalue weighted by Gasteiger charge is -2.42. The second-order valence-electron chi connectivity index (χ2n) is 6.64. The molecule has 1 aliphatic heterocycles. The summed E-state index contributed by atoms with van der Waals surface area (Å²) in [5.41, 5.74) is 7.14. The standard InChI is InChI=1S/C15H29NO/c1-12(2)11-15(7-3-4-8-15)14(16)13-5-9-17-10-6-13/h12-14H,3-11,16H2,1-2H3. The number of hydrogen-bond acceptors (Lipinski definition) is 2. The Morgan fingerprint density at radius 3 is 2.29 bits per heavy atom. The zero-order chi connectivity index (χ0) is 12.3. The Morgan fingerprint density at radius 2 is 1.76 bits per heavy atom. The molecule has 0 aromatic heterocycles. The van der Waals surface area contributed by atoms with E-state index in [0.29, 0.717) is 17.4 Å². The summed E-state index contributed by atoms with van der Waals surface area (Å²) in [4.78, 5) is 0. The molecule has 0 bridgehead atoms. The monoisotopic (exact) mass is 239 g/mol. The Kier molecular flexibility index (Phi) is 4.48. The quantitative estimate of drug-likeness (QED) is 0.816. The van der Waals surface area contributed by atoms with Gasteiger partial charge < -0.3 is 10.5 Å². The third-order valence-electron chi connectivity index (χ3n) is 4.90. The normalized spacial score (nSPS) is 27.5. The fourth-order valence-electron chi connectivity index (χ4n) is 4.14. The van der Waals surface area contributed by atoms with Gasteiger partial charge in [-0.1, -0.05) is 26.7 Å². The molecule has 1 saturated heterocycles. The topological polar surface area (TPSA) is 35.2 Å². The minimum Gasteiger partial charge on any atom is -0.381 e. The Hall–Kier alpha value is -0.0800. The second kappa shape index (κ2) is 5.71. The number of hydrogen-bond donors (Lipinski definition) is 1. The molecule has 1 saturated carbocycles. The van der Waals surface area contributed by atoms with Gasteiger partial charge in [0.05, 0.1) is 0 Å². The van der Waals surface area contributed by atoms with Crippen LogP contribution >= 0.6 is 0 Å². The van der Waals surface area contributed by atoms with Crippen LogP contribution in [0.25, 0.3) is 0 Å². The molecule has 0 radical (unpaired) electrons. The summed E-state index contributed by atoms with van der Waals surface area (Å²) < 4.78 is 5.47. The van der Waals surface area contributed by atoms with Crippen LogP contribution in [0.4, 0.5) is 0 Å². The molecule has 1 unspecified atom stereocenters. The largest absolute Gasteiger partial charge is 0.381 e. The van der Waals surface area contributed by atoms with Gasteiger partial charge in [0.2, 0.25) is 0 Å². The number of ether oxygens (including phenoxy) is 1. The van der Waals surface area contributed by atoms with E-state index < -0.39 is 0 Å². The molecule has 2 heteroatoms. The van der Waals surface area contributed by atoms with Crippen molar-refractivity contribution in [3.05, 3.63) is 0 Å². The van der Waals surface area contributed by atoms with Crippen LogP contribution in [0.1, 0.15) is 58.8 Å². The summed E-state index contributed by atoms with van der Waals surface area (Å²) in [5.74, 6) is 1.49. The maximum absolute atomic E-state index is 6.68. The molecule has 1 aliphatic carbocycles. The van der Waals surface area contributed by atoms with E-state index in [4.69, 9.17) is 10.5 Å². The maximum atomic E-state index is 6.68. The minimum absolute atomic E-state index is 0.413. The van der Waals surface area contributed by atoms with Crippen LogP contribution in [0.2, 0.25) is 0 Å². The van der Waals surface area contributed by atoms with Crippen molar-refractivity contribution < 1.29 is 4.74 Å². The lowest BCUT2D eigenvalue weighted by Crippen LogP contribution is -2.47. The zero-order valence-electron chi connectivity index (χ0n) is 11.6. The van der Waals surface area contributed by atoms with Crippen molar-refractivity contribution in [1.29, 1.82) is 0 Å². The van der Waals surface area contributed by atoms with Crippen molar-refractivity contribution in [3.8, 4) is 0 Å². The van der Waals surface area contributed by atoms with Crippen LogP contribution in [-0.4, -0.2) is 19.3 Å². The van der Waals surface area contributed by atoms with Crippen LogP contribution in [0, 0.1) is 17.3 Å². The van der Waals surface area contributed by atoms with E-state index in [0.717, 1.165) is 19.1 Å². The Morgan fingerprint density at radius 1 is 1.18 bits per heavy atom. The van der Waals surface area contributed by atoms with Crippen LogP contribution in [0.15, 0.2) is 0 Å². The fourth-order valence-corrected chi connectivity index (χ4v) is 4.14. The van der Waals surface area contributed by atoms with Gasteiger partial charge in [-0.15, -0.1) is 0 Å². The summed E-state index contributed by atoms with van der Waals surface area (Å²) in [6.07, 6.45) is 9.20. The van der Waals surface area contributed by atoms with Gasteiger partial charge in [0.15, 0.2) is 0 Å². The molecule has 2 nitrogen and oxygen atoms in total. The molecular weight excluding hydrogens is 210 g/mol. The molecule has 2 rings (SSSR count). The van der Waals surface area contributed by atoms with E-state index in [1.807, 2.05) is 0 Å². The Balaban J connectivity index is 2.03. The van der Waals surface area contributed by atoms with Gasteiger partial charge in [0.25, 0.3) is 0 Å². The van der Waals surface area contributed by atoms with Gasteiger partial charge in [0.1, 0.15) is 0 Å². The minimum atomic E-state index is 0.413. The summed E-state index contributed by atoms with van der Waals surface area (Å²) in [6, 6.07) is 0.413. The molecule has 0 aromatic carbocycles. The average Bonchev–Trinajstić information content (AvgIpc) is 2.78. The van der Waals surface area contributed by atoms with Gasteiger partial charge >= 0.3 is 0 Å². The lowest BCUT2D eigenvalue weighted by molar-refractivity contribution is 0.0296. The van der Waals surface area contributed by atoms with Crippen LogP contribution in [-0.2, 0) is 4.74 Å². The molecule has 2 aliphatic rings. The molecule has 0 spiro atoms. The molecule has 0 amide bonds. The lowest BCUT2D eigenvalue weighted by atomic mass is 9.67. The van der Waals surface area contributed by atoms with E-state index in [-0.39, 0.29) is 0 Å². The van der Waals surface area contributed by atoms with Crippen LogP contribution in [0.3, 0.4) is 0 Å². The predicted molar refractivity (Wildman–Crippen MR) is 71.9 cm³/mol. The van der Waals surface area contributed by atoms with E-state index in [1.165, 1.54) is 44.9 Å². The highest BCUT2D eigenvalue weighted by Crippen LogP contribution is 2.48. The smallest absolute Gasteiger partial charge is 0.0469 e. The van der Waals surface area contributed by atoms with E-state index in [9.17, 15) is 0 Å². The van der Waals surface area contributed by atoms with Crippen molar-refractivity contribution in [1.82, 2.24) is 0 Å². The fraction of sp³-hybridized carbons (Fsp3) is 1.00. The first kappa shape index (κ1) is 13.4. The summed E-state index contributed by atoms with van der Waals surface area (Å²) in [6.45, 7) is 6.54. The van der Waals surface area contributed by atoms with Gasteiger partial charge in [-0.2, -0.15) is 0 Å². The SMILES string of the molecule is CC(C)CC1(C(N)C2CCOCC2)CCCC1.